The zero-order valence-corrected chi connectivity index (χ0v) is 17.8. The molecule has 0 fully saturated rings. The SMILES string of the molecule is Cc1cc(Cl)c(Cl)c(N(c2ccc3c(c2)OCCO3)c2ccc3c(c2)OCCO3)c1. The summed E-state index contributed by atoms with van der Waals surface area (Å²) in [5.74, 6) is 2.83. The second kappa shape index (κ2) is 7.82. The third-order valence-corrected chi connectivity index (χ3v) is 5.75. The molecule has 2 aliphatic rings. The van der Waals surface area contributed by atoms with Gasteiger partial charge in [-0.3, -0.25) is 0 Å². The number of fused-ring (bicyclic) bond motifs is 2. The molecule has 2 aliphatic heterocycles. The summed E-state index contributed by atoms with van der Waals surface area (Å²) in [6.45, 7) is 4.08. The molecule has 0 bridgehead atoms. The monoisotopic (exact) mass is 443 g/mol. The van der Waals surface area contributed by atoms with Crippen molar-refractivity contribution in [3.63, 3.8) is 0 Å². The van der Waals surface area contributed by atoms with E-state index in [4.69, 9.17) is 42.1 Å². The molecule has 0 atom stereocenters. The summed E-state index contributed by atoms with van der Waals surface area (Å²) >= 11 is 13.1. The van der Waals surface area contributed by atoms with Gasteiger partial charge in [-0.25, -0.2) is 0 Å². The first-order chi connectivity index (χ1) is 14.6. The number of nitrogens with zero attached hydrogens (tertiary/aromatic N) is 1. The molecule has 0 N–H and O–H groups in total. The summed E-state index contributed by atoms with van der Waals surface area (Å²) in [5, 5.41) is 0.957. The Hall–Kier alpha value is -2.76. The first kappa shape index (κ1) is 19.2. The first-order valence-electron chi connectivity index (χ1n) is 9.65. The number of benzene rings is 3. The second-order valence-corrected chi connectivity index (χ2v) is 7.86. The van der Waals surface area contributed by atoms with Crippen LogP contribution in [-0.4, -0.2) is 26.4 Å². The van der Waals surface area contributed by atoms with Crippen molar-refractivity contribution in [2.45, 2.75) is 6.92 Å². The van der Waals surface area contributed by atoms with E-state index in [2.05, 4.69) is 0 Å². The summed E-state index contributed by atoms with van der Waals surface area (Å²) in [5.41, 5.74) is 3.48. The molecule has 0 spiro atoms. The van der Waals surface area contributed by atoms with Crippen LogP contribution in [-0.2, 0) is 0 Å². The fraction of sp³-hybridized carbons (Fsp3) is 0.217. The molecule has 5 nitrogen and oxygen atoms in total. The van der Waals surface area contributed by atoms with E-state index in [9.17, 15) is 0 Å². The average molecular weight is 444 g/mol. The van der Waals surface area contributed by atoms with Crippen molar-refractivity contribution in [3.05, 3.63) is 64.1 Å². The first-order valence-corrected chi connectivity index (χ1v) is 10.4. The molecule has 30 heavy (non-hydrogen) atoms. The van der Waals surface area contributed by atoms with E-state index in [0.717, 1.165) is 34.1 Å². The van der Waals surface area contributed by atoms with E-state index in [1.165, 1.54) is 0 Å². The Morgan fingerprint density at radius 1 is 0.667 bits per heavy atom. The van der Waals surface area contributed by atoms with Crippen LogP contribution in [0.25, 0.3) is 0 Å². The van der Waals surface area contributed by atoms with Gasteiger partial charge in [-0.05, 0) is 48.9 Å². The topological polar surface area (TPSA) is 40.2 Å². The van der Waals surface area contributed by atoms with Crippen molar-refractivity contribution in [1.82, 2.24) is 0 Å². The highest BCUT2D eigenvalue weighted by atomic mass is 35.5. The Morgan fingerprint density at radius 2 is 1.17 bits per heavy atom. The van der Waals surface area contributed by atoms with Crippen molar-refractivity contribution < 1.29 is 18.9 Å². The zero-order chi connectivity index (χ0) is 20.7. The van der Waals surface area contributed by atoms with Crippen molar-refractivity contribution in [2.24, 2.45) is 0 Å². The molecule has 0 aromatic heterocycles. The van der Waals surface area contributed by atoms with E-state index in [1.54, 1.807) is 0 Å². The maximum atomic E-state index is 6.66. The van der Waals surface area contributed by atoms with E-state index in [1.807, 2.05) is 60.4 Å². The summed E-state index contributed by atoms with van der Waals surface area (Å²) < 4.78 is 23.0. The van der Waals surface area contributed by atoms with Gasteiger partial charge in [0.25, 0.3) is 0 Å². The van der Waals surface area contributed by atoms with E-state index >= 15 is 0 Å². The fourth-order valence-corrected chi connectivity index (χ4v) is 4.10. The van der Waals surface area contributed by atoms with Crippen LogP contribution in [0, 0.1) is 6.92 Å². The summed E-state index contributed by atoms with van der Waals surface area (Å²) in [7, 11) is 0. The quantitative estimate of drug-likeness (QED) is 0.473. The molecule has 5 rings (SSSR count). The normalized spacial score (nSPS) is 14.4. The molecule has 3 aromatic rings. The second-order valence-electron chi connectivity index (χ2n) is 7.07. The van der Waals surface area contributed by atoms with Gasteiger partial charge in [-0.15, -0.1) is 0 Å². The smallest absolute Gasteiger partial charge is 0.163 e. The van der Waals surface area contributed by atoms with Gasteiger partial charge in [0.2, 0.25) is 0 Å². The van der Waals surface area contributed by atoms with Gasteiger partial charge in [0.1, 0.15) is 26.4 Å². The van der Waals surface area contributed by atoms with E-state index in [-0.39, 0.29) is 0 Å². The number of hydrogen-bond acceptors (Lipinski definition) is 5. The van der Waals surface area contributed by atoms with Gasteiger partial charge >= 0.3 is 0 Å². The maximum absolute atomic E-state index is 6.66. The van der Waals surface area contributed by atoms with Crippen LogP contribution >= 0.6 is 23.2 Å². The lowest BCUT2D eigenvalue weighted by molar-refractivity contribution is 0.171. The molecule has 0 radical (unpaired) electrons. The largest absolute Gasteiger partial charge is 0.486 e. The number of rotatable bonds is 3. The summed E-state index contributed by atoms with van der Waals surface area (Å²) in [4.78, 5) is 2.03. The van der Waals surface area contributed by atoms with Crippen LogP contribution in [0.1, 0.15) is 5.56 Å². The van der Waals surface area contributed by atoms with Crippen molar-refractivity contribution in [1.29, 1.82) is 0 Å². The molecule has 2 heterocycles. The van der Waals surface area contributed by atoms with Crippen LogP contribution in [0.4, 0.5) is 17.1 Å². The minimum Gasteiger partial charge on any atom is -0.486 e. The Bertz CT molecular complexity index is 1060. The van der Waals surface area contributed by atoms with E-state index < -0.39 is 0 Å². The Morgan fingerprint density at radius 3 is 1.70 bits per heavy atom. The number of halogens is 2. The van der Waals surface area contributed by atoms with Crippen LogP contribution in [0.2, 0.25) is 10.0 Å². The van der Waals surface area contributed by atoms with Crippen LogP contribution in [0.3, 0.4) is 0 Å². The Kier molecular flexibility index (Phi) is 5.01. The lowest BCUT2D eigenvalue weighted by Gasteiger charge is -2.29. The summed E-state index contributed by atoms with van der Waals surface area (Å²) in [6.07, 6.45) is 0. The molecule has 0 aliphatic carbocycles. The molecular formula is C23H19Cl2NO4. The maximum Gasteiger partial charge on any atom is 0.163 e. The highest BCUT2D eigenvalue weighted by molar-refractivity contribution is 6.44. The highest BCUT2D eigenvalue weighted by Crippen LogP contribution is 2.46. The molecule has 0 amide bonds. The van der Waals surface area contributed by atoms with Crippen molar-refractivity contribution in [2.75, 3.05) is 31.3 Å². The van der Waals surface area contributed by atoms with Gasteiger partial charge in [0.05, 0.1) is 27.1 Å². The van der Waals surface area contributed by atoms with Gasteiger partial charge in [-0.2, -0.15) is 0 Å². The van der Waals surface area contributed by atoms with Crippen LogP contribution in [0.15, 0.2) is 48.5 Å². The fourth-order valence-electron chi connectivity index (χ4n) is 3.64. The van der Waals surface area contributed by atoms with Gasteiger partial charge in [0.15, 0.2) is 23.0 Å². The predicted molar refractivity (Wildman–Crippen MR) is 118 cm³/mol. The molecule has 3 aromatic carbocycles. The lowest BCUT2D eigenvalue weighted by Crippen LogP contribution is -2.18. The minimum absolute atomic E-state index is 0.465. The average Bonchev–Trinajstić information content (AvgIpc) is 2.77. The molecule has 0 unspecified atom stereocenters. The third-order valence-electron chi connectivity index (χ3n) is 4.96. The van der Waals surface area contributed by atoms with Gasteiger partial charge in [-0.1, -0.05) is 23.2 Å². The number of anilines is 3. The minimum atomic E-state index is 0.465. The molecule has 7 heteroatoms. The van der Waals surface area contributed by atoms with Crippen LogP contribution in [0.5, 0.6) is 23.0 Å². The van der Waals surface area contributed by atoms with Crippen molar-refractivity contribution >= 4 is 40.3 Å². The Balaban J connectivity index is 1.69. The van der Waals surface area contributed by atoms with E-state index in [0.29, 0.717) is 48.0 Å². The molecule has 0 saturated heterocycles. The van der Waals surface area contributed by atoms with Gasteiger partial charge < -0.3 is 23.8 Å². The van der Waals surface area contributed by atoms with Crippen molar-refractivity contribution in [3.8, 4) is 23.0 Å². The Labute approximate surface area is 184 Å². The standard InChI is InChI=1S/C23H19Cl2NO4/c1-14-10-17(24)23(25)18(11-14)26(15-2-4-19-21(12-15)29-8-6-27-19)16-3-5-20-22(13-16)30-9-7-28-20/h2-5,10-13H,6-9H2,1H3. The summed E-state index contributed by atoms with van der Waals surface area (Å²) in [6, 6.07) is 15.5. The number of ether oxygens (including phenoxy) is 4. The molecular weight excluding hydrogens is 425 g/mol. The number of aryl methyl sites for hydroxylation is 1. The predicted octanol–water partition coefficient (Wildman–Crippen LogP) is 6.31. The van der Waals surface area contributed by atoms with Gasteiger partial charge in [0, 0.05) is 12.1 Å². The lowest BCUT2D eigenvalue weighted by atomic mass is 10.1. The molecule has 154 valence electrons. The zero-order valence-electron chi connectivity index (χ0n) is 16.3. The third kappa shape index (κ3) is 3.48. The highest BCUT2D eigenvalue weighted by Gasteiger charge is 2.23. The van der Waals surface area contributed by atoms with Crippen LogP contribution < -0.4 is 23.8 Å². The molecule has 0 saturated carbocycles. The number of hydrogen-bond donors (Lipinski definition) is 0.